The van der Waals surface area contributed by atoms with E-state index in [0.717, 1.165) is 116 Å². The van der Waals surface area contributed by atoms with Gasteiger partial charge in [0.25, 0.3) is 0 Å². The fourth-order valence-electron chi connectivity index (χ4n) is 12.3. The first kappa shape index (κ1) is 99.9. The van der Waals surface area contributed by atoms with Crippen LogP contribution in [0.4, 0.5) is 0 Å². The molecule has 2 atom stereocenters. The molecule has 0 heterocycles. The van der Waals surface area contributed by atoms with Gasteiger partial charge in [-0.15, -0.1) is 0 Å². The largest absolute Gasteiger partial charge is 0.472 e. The van der Waals surface area contributed by atoms with Crippen molar-refractivity contribution in [1.82, 2.24) is 0 Å². The van der Waals surface area contributed by atoms with Crippen molar-refractivity contribution in [1.29, 1.82) is 0 Å². The molecule has 2 unspecified atom stereocenters. The van der Waals surface area contributed by atoms with Crippen LogP contribution in [-0.2, 0) is 32.7 Å². The van der Waals surface area contributed by atoms with Crippen molar-refractivity contribution in [3.63, 3.8) is 0 Å². The van der Waals surface area contributed by atoms with Crippen LogP contribution >= 0.6 is 7.82 Å². The van der Waals surface area contributed by atoms with E-state index in [-0.39, 0.29) is 32.0 Å². The fourth-order valence-corrected chi connectivity index (χ4v) is 13.1. The molecule has 0 saturated heterocycles. The van der Waals surface area contributed by atoms with E-state index >= 15 is 0 Å². The van der Waals surface area contributed by atoms with Crippen LogP contribution in [-0.4, -0.2) is 74.9 Å². The summed E-state index contributed by atoms with van der Waals surface area (Å²) in [6.45, 7) is 4.25. The van der Waals surface area contributed by atoms with Crippen LogP contribution in [0.25, 0.3) is 0 Å². The van der Waals surface area contributed by atoms with Gasteiger partial charge in [-0.25, -0.2) is 4.57 Å². The van der Waals surface area contributed by atoms with Crippen LogP contribution in [0.3, 0.4) is 0 Å². The lowest BCUT2D eigenvalue weighted by molar-refractivity contribution is -0.870. The third-order valence-corrected chi connectivity index (χ3v) is 19.8. The monoisotopic (exact) mass is 1470 g/mol. The van der Waals surface area contributed by atoms with E-state index in [9.17, 15) is 19.0 Å². The molecule has 0 aliphatic heterocycles. The Morgan fingerprint density at radius 3 is 0.769 bits per heavy atom. The molecule has 0 rings (SSSR count). The fraction of sp³-hybridized carbons (Fsp3) is 0.723. The number of hydrogen-bond acceptors (Lipinski definition) is 7. The topological polar surface area (TPSA) is 108 Å². The lowest BCUT2D eigenvalue weighted by atomic mass is 10.0. The van der Waals surface area contributed by atoms with Crippen LogP contribution in [0.2, 0.25) is 0 Å². The van der Waals surface area contributed by atoms with E-state index in [1.807, 2.05) is 21.1 Å². The van der Waals surface area contributed by atoms with E-state index in [2.05, 4.69) is 160 Å². The molecule has 0 radical (unpaired) electrons. The van der Waals surface area contributed by atoms with Crippen LogP contribution < -0.4 is 0 Å². The van der Waals surface area contributed by atoms with E-state index in [1.165, 1.54) is 238 Å². The first-order valence-corrected chi connectivity index (χ1v) is 45.1. The lowest BCUT2D eigenvalue weighted by Crippen LogP contribution is -2.37. The summed E-state index contributed by atoms with van der Waals surface area (Å²) in [5.41, 5.74) is 0. The van der Waals surface area contributed by atoms with Crippen molar-refractivity contribution in [3.05, 3.63) is 146 Å². The maximum atomic E-state index is 12.9. The minimum atomic E-state index is -4.40. The van der Waals surface area contributed by atoms with Gasteiger partial charge in [-0.1, -0.05) is 404 Å². The Kier molecular flexibility index (Phi) is 79.7. The predicted molar refractivity (Wildman–Crippen MR) is 454 cm³/mol. The number of carbonyl (C=O) groups excluding carboxylic acids is 2. The highest BCUT2D eigenvalue weighted by Crippen LogP contribution is 2.43. The molecule has 0 aliphatic rings. The minimum Gasteiger partial charge on any atom is -0.462 e. The molecule has 1 N–H and O–H groups in total. The molecule has 0 aliphatic carbocycles. The number of likely N-dealkylation sites (N-methyl/N-ethyl adjacent to an activating group) is 1. The molecule has 0 aromatic rings. The van der Waals surface area contributed by atoms with Crippen molar-refractivity contribution in [3.8, 4) is 0 Å². The van der Waals surface area contributed by atoms with E-state index < -0.39 is 26.5 Å². The standard InChI is InChI=1S/C94H164NO8P/c1-6-8-10-12-14-16-18-20-22-24-26-28-30-32-34-36-38-40-42-44-46-47-49-51-53-55-57-59-61-63-65-67-69-71-73-75-77-79-81-83-85-87-94(97)103-92(91-102-104(98,99)101-89-88-95(3,4)5)90-100-93(96)86-84-82-80-78-76-74-72-70-68-66-64-62-60-58-56-54-52-50-48-45-43-41-39-37-35-33-31-29-27-25-23-21-19-17-15-13-11-9-7-2/h8-11,14-17,20-23,26-29,32,34,38,40,44,46,49,51,92H,6-7,12-13,18-19,24-25,30-31,33,35-37,39,41-43,45,47-48,50,52-91H2,1-5H3/p+1/b10-8-,11-9-,16-14-,17-15-,22-20-,23-21-,28-26-,29-27-,34-32-,40-38-,46-44-,51-49-. The summed E-state index contributed by atoms with van der Waals surface area (Å²) >= 11 is 0. The van der Waals surface area contributed by atoms with Crippen LogP contribution in [0, 0.1) is 0 Å². The van der Waals surface area contributed by atoms with Gasteiger partial charge in [-0.3, -0.25) is 18.6 Å². The van der Waals surface area contributed by atoms with E-state index in [0.29, 0.717) is 17.4 Å². The first-order valence-electron chi connectivity index (χ1n) is 43.6. The molecule has 104 heavy (non-hydrogen) atoms. The third kappa shape index (κ3) is 86.8. The number of esters is 2. The zero-order valence-electron chi connectivity index (χ0n) is 68.5. The second-order valence-corrected chi connectivity index (χ2v) is 31.6. The first-order chi connectivity index (χ1) is 51.0. The highest BCUT2D eigenvalue weighted by atomic mass is 31.2. The maximum absolute atomic E-state index is 12.9. The summed E-state index contributed by atoms with van der Waals surface area (Å²) in [4.78, 5) is 36.1. The molecule has 598 valence electrons. The molecule has 0 bridgehead atoms. The van der Waals surface area contributed by atoms with Gasteiger partial charge in [0.05, 0.1) is 27.7 Å². The van der Waals surface area contributed by atoms with Gasteiger partial charge >= 0.3 is 19.8 Å². The van der Waals surface area contributed by atoms with Gasteiger partial charge in [-0.05, 0) is 116 Å². The van der Waals surface area contributed by atoms with E-state index in [4.69, 9.17) is 18.5 Å². The minimum absolute atomic E-state index is 0.0297. The van der Waals surface area contributed by atoms with Crippen molar-refractivity contribution in [2.45, 2.75) is 392 Å². The number of ether oxygens (including phenoxy) is 2. The Balaban J connectivity index is 3.92. The summed E-state index contributed by atoms with van der Waals surface area (Å²) in [5.74, 6) is -0.783. The van der Waals surface area contributed by atoms with Gasteiger partial charge in [0.1, 0.15) is 19.8 Å². The summed E-state index contributed by atoms with van der Waals surface area (Å²) in [6.07, 6.45) is 123. The molecular formula is C94H165NO8P+. The smallest absolute Gasteiger partial charge is 0.462 e. The lowest BCUT2D eigenvalue weighted by Gasteiger charge is -2.24. The molecule has 0 spiro atoms. The molecular weight excluding hydrogens is 1300 g/mol. The van der Waals surface area contributed by atoms with Gasteiger partial charge in [0.2, 0.25) is 0 Å². The Bertz CT molecular complexity index is 2280. The second-order valence-electron chi connectivity index (χ2n) is 30.2. The molecule has 0 saturated carbocycles. The molecule has 0 aromatic heterocycles. The highest BCUT2D eigenvalue weighted by Gasteiger charge is 2.27. The number of rotatable bonds is 80. The Morgan fingerprint density at radius 1 is 0.298 bits per heavy atom. The van der Waals surface area contributed by atoms with Crippen LogP contribution in [0.15, 0.2) is 146 Å². The van der Waals surface area contributed by atoms with Gasteiger partial charge in [0, 0.05) is 12.8 Å². The van der Waals surface area contributed by atoms with E-state index in [1.54, 1.807) is 0 Å². The second kappa shape index (κ2) is 82.9. The van der Waals surface area contributed by atoms with Crippen LogP contribution in [0.5, 0.6) is 0 Å². The van der Waals surface area contributed by atoms with Crippen LogP contribution in [0.1, 0.15) is 386 Å². The van der Waals surface area contributed by atoms with Gasteiger partial charge < -0.3 is 18.9 Å². The Labute approximate surface area is 643 Å². The SMILES string of the molecule is CC/C=C\C/C=C\C/C=C\C/C=C\C/C=C\C/C=C\C/C=C\C/C=C\CCCCCCCCCCCCCCCCCCC(=O)OC(COC(=O)CCCCCCCCCCCCCCCCCCCCCCCCCCCC/C=C\C/C=C\C/C=C\C/C=C\CC)COP(=O)(O)OCC[N+](C)(C)C. The average molecular weight is 1470 g/mol. The maximum Gasteiger partial charge on any atom is 0.472 e. The highest BCUT2D eigenvalue weighted by molar-refractivity contribution is 7.47. The molecule has 10 heteroatoms. The normalized spacial score (nSPS) is 13.7. The zero-order valence-corrected chi connectivity index (χ0v) is 69.4. The number of allylic oxidation sites excluding steroid dienone is 24. The number of unbranched alkanes of at least 4 members (excludes halogenated alkanes) is 42. The number of hydrogen-bond donors (Lipinski definition) is 1. The number of carbonyl (C=O) groups is 2. The number of nitrogens with zero attached hydrogens (tertiary/aromatic N) is 1. The summed E-state index contributed by atoms with van der Waals surface area (Å²) in [7, 11) is 1.49. The molecule has 0 fully saturated rings. The summed E-state index contributed by atoms with van der Waals surface area (Å²) in [5, 5.41) is 0. The average Bonchev–Trinajstić information content (AvgIpc) is 0.920. The summed E-state index contributed by atoms with van der Waals surface area (Å²) in [6, 6.07) is 0. The number of quaternary nitrogens is 1. The van der Waals surface area contributed by atoms with Crippen molar-refractivity contribution in [2.24, 2.45) is 0 Å². The van der Waals surface area contributed by atoms with Crippen molar-refractivity contribution >= 4 is 19.8 Å². The Hall–Kier alpha value is -4.11. The summed E-state index contributed by atoms with van der Waals surface area (Å²) < 4.78 is 34.9. The Morgan fingerprint density at radius 2 is 0.519 bits per heavy atom. The van der Waals surface area contributed by atoms with Gasteiger partial charge in [0.15, 0.2) is 6.10 Å². The van der Waals surface area contributed by atoms with Crippen molar-refractivity contribution < 1.29 is 42.1 Å². The molecule has 0 amide bonds. The predicted octanol–water partition coefficient (Wildman–Crippen LogP) is 29.6. The molecule has 0 aromatic carbocycles. The number of phosphoric acid groups is 1. The third-order valence-electron chi connectivity index (χ3n) is 18.9. The van der Waals surface area contributed by atoms with Crippen molar-refractivity contribution in [2.75, 3.05) is 47.5 Å². The molecule has 9 nitrogen and oxygen atoms in total. The quantitative estimate of drug-likeness (QED) is 0.0211. The number of phosphoric ester groups is 1. The van der Waals surface area contributed by atoms with Gasteiger partial charge in [-0.2, -0.15) is 0 Å². The zero-order chi connectivity index (χ0) is 75.4.